The van der Waals surface area contributed by atoms with Crippen molar-refractivity contribution < 1.29 is 28.3 Å². The Morgan fingerprint density at radius 3 is 2.57 bits per heavy atom. The number of fused-ring (bicyclic) bond motifs is 1. The Bertz CT molecular complexity index is 1110. The molecule has 0 saturated heterocycles. The summed E-state index contributed by atoms with van der Waals surface area (Å²) in [6.45, 7) is 6.14. The van der Waals surface area contributed by atoms with Gasteiger partial charge in [-0.3, -0.25) is 19.4 Å². The normalized spacial score (nSPS) is 19.2. The minimum Gasteiger partial charge on any atom is -0.463 e. The van der Waals surface area contributed by atoms with E-state index in [0.29, 0.717) is 17.8 Å². The highest BCUT2D eigenvalue weighted by atomic mass is 19.1. The Hall–Kier alpha value is -3.16. The fraction of sp³-hybridized carbons (Fsp3) is 0.519. The number of hydrogen-bond acceptors (Lipinski definition) is 7. The van der Waals surface area contributed by atoms with Gasteiger partial charge in [0.25, 0.3) is 0 Å². The number of nitrogens with zero attached hydrogens (tertiary/aromatic N) is 2. The monoisotopic (exact) mass is 484 g/mol. The lowest BCUT2D eigenvalue weighted by atomic mass is 9.77. The highest BCUT2D eigenvalue weighted by molar-refractivity contribution is 6.12. The summed E-state index contributed by atoms with van der Waals surface area (Å²) in [6, 6.07) is 9.61. The molecule has 2 aromatic rings. The molecule has 0 saturated carbocycles. The van der Waals surface area contributed by atoms with E-state index >= 15 is 0 Å². The van der Waals surface area contributed by atoms with Crippen LogP contribution in [0.3, 0.4) is 0 Å². The van der Waals surface area contributed by atoms with E-state index < -0.39 is 35.7 Å². The number of ketones is 2. The molecule has 0 bridgehead atoms. The van der Waals surface area contributed by atoms with Gasteiger partial charge in [-0.15, -0.1) is 0 Å². The van der Waals surface area contributed by atoms with Crippen molar-refractivity contribution in [2.24, 2.45) is 17.0 Å². The quantitative estimate of drug-likeness (QED) is 0.394. The van der Waals surface area contributed by atoms with E-state index in [0.717, 1.165) is 17.2 Å². The number of hydrogen-bond donors (Lipinski definition) is 0. The van der Waals surface area contributed by atoms with Crippen LogP contribution in [0.4, 0.5) is 4.39 Å². The van der Waals surface area contributed by atoms with Gasteiger partial charge in [-0.2, -0.15) is 0 Å². The number of rotatable bonds is 12. The zero-order valence-electron chi connectivity index (χ0n) is 20.8. The molecule has 1 aromatic carbocycles. The van der Waals surface area contributed by atoms with Crippen LogP contribution in [-0.2, 0) is 24.0 Å². The first kappa shape index (κ1) is 26.4. The molecule has 0 aliphatic carbocycles. The van der Waals surface area contributed by atoms with Crippen LogP contribution >= 0.6 is 0 Å². The number of carbonyl (C=O) groups excluding carboxylic acids is 3. The van der Waals surface area contributed by atoms with Crippen molar-refractivity contribution in [1.82, 2.24) is 4.98 Å². The van der Waals surface area contributed by atoms with Gasteiger partial charge in [-0.25, -0.2) is 4.39 Å². The molecule has 1 aliphatic heterocycles. The predicted octanol–water partition coefficient (Wildman–Crippen LogP) is 4.99. The minimum atomic E-state index is -1.33. The lowest BCUT2D eigenvalue weighted by molar-refractivity contribution is -0.154. The fourth-order valence-corrected chi connectivity index (χ4v) is 4.45. The van der Waals surface area contributed by atoms with E-state index in [-0.39, 0.29) is 31.3 Å². The van der Waals surface area contributed by atoms with Crippen LogP contribution in [-0.4, -0.2) is 46.6 Å². The zero-order valence-corrected chi connectivity index (χ0v) is 20.8. The van der Waals surface area contributed by atoms with Gasteiger partial charge in [0.2, 0.25) is 5.60 Å². The highest BCUT2D eigenvalue weighted by Gasteiger charge is 2.50. The largest absolute Gasteiger partial charge is 0.463 e. The summed E-state index contributed by atoms with van der Waals surface area (Å²) in [5.74, 6) is -3.22. The summed E-state index contributed by atoms with van der Waals surface area (Å²) >= 11 is 0. The first-order valence-corrected chi connectivity index (χ1v) is 12.1. The third-order valence-electron chi connectivity index (χ3n) is 6.56. The molecule has 188 valence electrons. The lowest BCUT2D eigenvalue weighted by Gasteiger charge is -2.30. The number of oxime groups is 1. The third kappa shape index (κ3) is 5.92. The maximum Gasteiger partial charge on any atom is 0.306 e. The zero-order chi connectivity index (χ0) is 25.6. The molecule has 1 unspecified atom stereocenters. The van der Waals surface area contributed by atoms with Gasteiger partial charge >= 0.3 is 5.97 Å². The number of Topliss-reactive ketones (excluding diaryl/α,β-unsaturated/α-hetero) is 2. The van der Waals surface area contributed by atoms with E-state index in [1.807, 2.05) is 51.1 Å². The molecule has 8 heteroatoms. The van der Waals surface area contributed by atoms with E-state index in [9.17, 15) is 18.8 Å². The molecule has 35 heavy (non-hydrogen) atoms. The van der Waals surface area contributed by atoms with E-state index in [1.165, 1.54) is 0 Å². The van der Waals surface area contributed by atoms with Crippen LogP contribution in [0.2, 0.25) is 0 Å². The Morgan fingerprint density at radius 2 is 1.89 bits per heavy atom. The van der Waals surface area contributed by atoms with Crippen molar-refractivity contribution in [3.05, 3.63) is 42.2 Å². The average molecular weight is 485 g/mol. The third-order valence-corrected chi connectivity index (χ3v) is 6.56. The minimum absolute atomic E-state index is 0.166. The summed E-state index contributed by atoms with van der Waals surface area (Å²) in [6.07, 6.45) is 2.37. The average Bonchev–Trinajstić information content (AvgIpc) is 3.29. The molecule has 0 amide bonds. The number of pyridine rings is 1. The number of benzene rings is 1. The maximum absolute atomic E-state index is 13.5. The Balaban J connectivity index is 1.79. The molecule has 7 nitrogen and oxygen atoms in total. The molecule has 0 spiro atoms. The molecular formula is C27H33FN2O5. The van der Waals surface area contributed by atoms with Crippen LogP contribution < -0.4 is 0 Å². The van der Waals surface area contributed by atoms with Gasteiger partial charge in [0, 0.05) is 36.3 Å². The molecule has 2 heterocycles. The van der Waals surface area contributed by atoms with Gasteiger partial charge in [0.1, 0.15) is 12.4 Å². The summed E-state index contributed by atoms with van der Waals surface area (Å²) in [5.41, 5.74) is -0.171. The van der Waals surface area contributed by atoms with E-state index in [1.54, 1.807) is 13.1 Å². The van der Waals surface area contributed by atoms with Crippen LogP contribution in [0.1, 0.15) is 65.5 Å². The summed E-state index contributed by atoms with van der Waals surface area (Å²) in [4.78, 5) is 48.5. The fourth-order valence-electron chi connectivity index (χ4n) is 4.45. The first-order chi connectivity index (χ1) is 16.7. The van der Waals surface area contributed by atoms with E-state index in [4.69, 9.17) is 9.57 Å². The lowest BCUT2D eigenvalue weighted by Crippen LogP contribution is -2.45. The second-order valence-electron chi connectivity index (χ2n) is 9.45. The van der Waals surface area contributed by atoms with Crippen molar-refractivity contribution in [2.45, 2.75) is 71.5 Å². The number of ether oxygens (including phenoxy) is 1. The van der Waals surface area contributed by atoms with Crippen molar-refractivity contribution in [1.29, 1.82) is 0 Å². The number of alkyl halides is 1. The number of carbonyl (C=O) groups is 3. The summed E-state index contributed by atoms with van der Waals surface area (Å²) in [7, 11) is 0. The molecule has 1 aromatic heterocycles. The first-order valence-electron chi connectivity index (χ1n) is 12.1. The van der Waals surface area contributed by atoms with Gasteiger partial charge in [-0.1, -0.05) is 56.6 Å². The molecule has 0 radical (unpaired) electrons. The van der Waals surface area contributed by atoms with Crippen LogP contribution in [0.5, 0.6) is 0 Å². The molecule has 1 aliphatic rings. The maximum atomic E-state index is 13.5. The van der Waals surface area contributed by atoms with Crippen molar-refractivity contribution >= 4 is 34.0 Å². The number of aromatic nitrogens is 1. The molecule has 3 rings (SSSR count). The Kier molecular flexibility index (Phi) is 8.70. The van der Waals surface area contributed by atoms with E-state index in [2.05, 4.69) is 10.1 Å². The van der Waals surface area contributed by atoms with Crippen molar-refractivity contribution in [3.8, 4) is 0 Å². The van der Waals surface area contributed by atoms with Gasteiger partial charge in [-0.05, 0) is 24.8 Å². The SMILES string of the molecule is CCCC(C)OC(=O)C[C@H](CC(=O)[C@]1(C(C)C)CC(c2nccc3ccccc23)=NO1)C(=O)CF. The molecule has 3 atom stereocenters. The topological polar surface area (TPSA) is 94.9 Å². The van der Waals surface area contributed by atoms with Crippen LogP contribution in [0, 0.1) is 11.8 Å². The smallest absolute Gasteiger partial charge is 0.306 e. The molecule has 0 fully saturated rings. The van der Waals surface area contributed by atoms with Gasteiger partial charge < -0.3 is 9.57 Å². The van der Waals surface area contributed by atoms with Gasteiger partial charge in [0.05, 0.1) is 18.2 Å². The summed E-state index contributed by atoms with van der Waals surface area (Å²) < 4.78 is 18.6. The standard InChI is InChI=1S/C27H33FN2O5/c1-5-8-18(4)34-25(33)14-20(23(31)16-28)13-24(32)27(17(2)3)15-22(30-35-27)26-21-10-7-6-9-19(21)11-12-29-26/h6-7,9-12,17-18,20H,5,8,13-16H2,1-4H3/t18?,20-,27+/m0/s1. The van der Waals surface area contributed by atoms with Crippen molar-refractivity contribution in [2.75, 3.05) is 6.67 Å². The van der Waals surface area contributed by atoms with Crippen LogP contribution in [0.25, 0.3) is 10.8 Å². The highest BCUT2D eigenvalue weighted by Crippen LogP contribution is 2.37. The Labute approximate surface area is 205 Å². The summed E-state index contributed by atoms with van der Waals surface area (Å²) in [5, 5.41) is 6.10. The predicted molar refractivity (Wildman–Crippen MR) is 131 cm³/mol. The number of esters is 1. The van der Waals surface area contributed by atoms with Crippen LogP contribution in [0.15, 0.2) is 41.7 Å². The second kappa shape index (κ2) is 11.5. The van der Waals surface area contributed by atoms with Gasteiger partial charge in [0.15, 0.2) is 11.6 Å². The molecular weight excluding hydrogens is 451 g/mol. The Morgan fingerprint density at radius 1 is 1.14 bits per heavy atom. The number of halogens is 1. The van der Waals surface area contributed by atoms with Crippen molar-refractivity contribution in [3.63, 3.8) is 0 Å². The second-order valence-corrected chi connectivity index (χ2v) is 9.45. The molecule has 0 N–H and O–H groups in total.